The molecular weight excluding hydrogens is 431 g/mol. The third kappa shape index (κ3) is 12.0. The summed E-state index contributed by atoms with van der Waals surface area (Å²) in [6.07, 6.45) is 32.0. The zero-order valence-corrected chi connectivity index (χ0v) is 22.0. The Morgan fingerprint density at radius 3 is 1.38 bits per heavy atom. The molecule has 0 aromatic rings. The Balaban J connectivity index is 0.00000392. The molecule has 0 unspecified atom stereocenters. The average Bonchev–Trinajstić information content (AvgIpc) is 3.31. The molecule has 0 aromatic heterocycles. The fourth-order valence-electron chi connectivity index (χ4n) is 4.21. The molecule has 0 fully saturated rings. The largest absolute Gasteiger partial charge is 1.00 e. The Hall–Kier alpha value is 0.254. The van der Waals surface area contributed by atoms with E-state index in [-0.39, 0.29) is 44.0 Å². The van der Waals surface area contributed by atoms with Crippen molar-refractivity contribution in [2.24, 2.45) is 0 Å². The molecule has 0 aromatic carbocycles. The molecule has 0 nitrogen and oxygen atoms in total. The Kier molecular flexibility index (Phi) is 19.1. The third-order valence-corrected chi connectivity index (χ3v) is 8.54. The molecule has 0 atom stereocenters. The summed E-state index contributed by atoms with van der Waals surface area (Å²) < 4.78 is 3.70. The van der Waals surface area contributed by atoms with Gasteiger partial charge in [-0.15, -0.1) is 0 Å². The maximum absolute atomic E-state index is 2.46. The Bertz CT molecular complexity index is 495. The van der Waals surface area contributed by atoms with Crippen molar-refractivity contribution >= 4 is 0 Å². The van der Waals surface area contributed by atoms with Crippen LogP contribution in [0.25, 0.3) is 0 Å². The number of hydrogen-bond acceptors (Lipinski definition) is 0. The molecule has 0 radical (unpaired) electrons. The van der Waals surface area contributed by atoms with Gasteiger partial charge in [0.2, 0.25) is 0 Å². The zero-order valence-electron chi connectivity index (χ0n) is 18.9. The molecule has 0 spiro atoms. The van der Waals surface area contributed by atoms with Crippen LogP contribution in [0, 0.1) is 0 Å². The molecule has 0 saturated carbocycles. The van der Waals surface area contributed by atoms with Crippen LogP contribution in [-0.4, -0.2) is 0 Å². The molecule has 0 bridgehead atoms. The Morgan fingerprint density at radius 1 is 0.586 bits per heavy atom. The van der Waals surface area contributed by atoms with E-state index in [0.717, 1.165) is 0 Å². The zero-order chi connectivity index (χ0) is 19.2. The predicted octanol–water partition coefficient (Wildman–Crippen LogP) is 3.01. The number of hydrogen-bond donors (Lipinski definition) is 0. The molecule has 164 valence electrons. The fraction of sp³-hybridized carbons (Fsp3) is 0.692. The summed E-state index contributed by atoms with van der Waals surface area (Å²) in [6.45, 7) is 4.61. The summed E-state index contributed by atoms with van der Waals surface area (Å²) in [4.78, 5) is 0. The van der Waals surface area contributed by atoms with E-state index in [2.05, 4.69) is 38.2 Å². The number of halogens is 2. The van der Waals surface area contributed by atoms with Gasteiger partial charge in [0.05, 0.1) is 0 Å². The van der Waals surface area contributed by atoms with Crippen molar-refractivity contribution in [3.05, 3.63) is 43.2 Å². The average molecular weight is 473 g/mol. The molecule has 0 saturated heterocycles. The maximum atomic E-state index is 2.46. The van der Waals surface area contributed by atoms with Gasteiger partial charge in [0, 0.05) is 0 Å². The van der Waals surface area contributed by atoms with E-state index in [9.17, 15) is 0 Å². The predicted molar refractivity (Wildman–Crippen MR) is 118 cm³/mol. The van der Waals surface area contributed by atoms with Crippen LogP contribution in [0.5, 0.6) is 0 Å². The quantitative estimate of drug-likeness (QED) is 0.239. The van der Waals surface area contributed by atoms with Crippen LogP contribution in [0.15, 0.2) is 43.2 Å². The van der Waals surface area contributed by atoms with Crippen LogP contribution in [0.1, 0.15) is 117 Å². The second-order valence-electron chi connectivity index (χ2n) is 8.38. The van der Waals surface area contributed by atoms with Crippen molar-refractivity contribution in [2.45, 2.75) is 117 Å². The van der Waals surface area contributed by atoms with E-state index in [1.165, 1.54) is 103 Å². The van der Waals surface area contributed by atoms with E-state index in [1.807, 2.05) is 7.76 Å². The SMILES string of the molecule is CCCCCCCCC1=[C]([Ti+2][C]2=C(CCCCCCCC)C=CC2)CC=C1.[Cl-].[Cl-]. The van der Waals surface area contributed by atoms with Gasteiger partial charge in [-0.1, -0.05) is 0 Å². The van der Waals surface area contributed by atoms with Crippen LogP contribution in [0.4, 0.5) is 0 Å². The number of rotatable bonds is 16. The maximum Gasteiger partial charge on any atom is -1.00 e. The Morgan fingerprint density at radius 2 is 0.966 bits per heavy atom. The van der Waals surface area contributed by atoms with Crippen LogP contribution < -0.4 is 24.8 Å². The van der Waals surface area contributed by atoms with E-state index in [0.29, 0.717) is 0 Å². The Labute approximate surface area is 202 Å². The van der Waals surface area contributed by atoms with E-state index >= 15 is 0 Å². The van der Waals surface area contributed by atoms with Crippen molar-refractivity contribution in [3.8, 4) is 0 Å². The van der Waals surface area contributed by atoms with Gasteiger partial charge >= 0.3 is 179 Å². The van der Waals surface area contributed by atoms with Gasteiger partial charge in [0.1, 0.15) is 0 Å². The van der Waals surface area contributed by atoms with Gasteiger partial charge < -0.3 is 24.8 Å². The summed E-state index contributed by atoms with van der Waals surface area (Å²) in [5, 5.41) is 0. The molecule has 2 aliphatic rings. The van der Waals surface area contributed by atoms with Crippen molar-refractivity contribution < 1.29 is 44.0 Å². The fourth-order valence-corrected chi connectivity index (χ4v) is 6.61. The topological polar surface area (TPSA) is 0 Å². The summed E-state index contributed by atoms with van der Waals surface area (Å²) in [5.74, 6) is 0. The molecular formula is C26H42Cl2Ti. The first-order valence-corrected chi connectivity index (χ1v) is 13.5. The van der Waals surface area contributed by atoms with Crippen LogP contribution >= 0.6 is 0 Å². The van der Waals surface area contributed by atoms with Gasteiger partial charge in [-0.25, -0.2) is 0 Å². The second kappa shape index (κ2) is 19.0. The number of unbranched alkanes of at least 4 members (excludes halogenated alkanes) is 10. The molecule has 0 heterocycles. The molecule has 2 rings (SSSR count). The van der Waals surface area contributed by atoms with Gasteiger partial charge in [0.15, 0.2) is 0 Å². The van der Waals surface area contributed by atoms with E-state index < -0.39 is 0 Å². The van der Waals surface area contributed by atoms with E-state index in [4.69, 9.17) is 0 Å². The first kappa shape index (κ1) is 29.3. The minimum Gasteiger partial charge on any atom is -1.00 e. The molecule has 0 N–H and O–H groups in total. The molecule has 2 aliphatic carbocycles. The van der Waals surface area contributed by atoms with Crippen molar-refractivity contribution in [1.29, 1.82) is 0 Å². The summed E-state index contributed by atoms with van der Waals surface area (Å²) >= 11 is -0.0478. The second-order valence-corrected chi connectivity index (χ2v) is 10.7. The van der Waals surface area contributed by atoms with Crippen LogP contribution in [-0.2, 0) is 19.2 Å². The van der Waals surface area contributed by atoms with Gasteiger partial charge in [0.25, 0.3) is 0 Å². The van der Waals surface area contributed by atoms with Gasteiger partial charge in [-0.05, 0) is 0 Å². The first-order valence-electron chi connectivity index (χ1n) is 11.9. The van der Waals surface area contributed by atoms with Gasteiger partial charge in [-0.3, -0.25) is 0 Å². The minimum atomic E-state index is -0.0478. The van der Waals surface area contributed by atoms with Crippen molar-refractivity contribution in [1.82, 2.24) is 0 Å². The number of allylic oxidation sites excluding steroid dienone is 8. The normalized spacial score (nSPS) is 15.0. The molecule has 0 aliphatic heterocycles. The van der Waals surface area contributed by atoms with Crippen LogP contribution in [0.2, 0.25) is 0 Å². The van der Waals surface area contributed by atoms with Crippen molar-refractivity contribution in [3.63, 3.8) is 0 Å². The van der Waals surface area contributed by atoms with Gasteiger partial charge in [-0.2, -0.15) is 0 Å². The summed E-state index contributed by atoms with van der Waals surface area (Å²) in [6, 6.07) is 0. The molecule has 3 heteroatoms. The standard InChI is InChI=1S/2C13H21.2ClH.Ti/c2*1-2-3-4-5-6-7-10-13-11-8-9-12-13;;;/h2*8,11H,2-7,9-10H2,1H3;2*1H;/q;;;;+2/p-2. The molecule has 0 amide bonds. The minimum absolute atomic E-state index is 0. The first-order chi connectivity index (χ1) is 13.3. The van der Waals surface area contributed by atoms with E-state index in [1.54, 1.807) is 11.1 Å². The summed E-state index contributed by atoms with van der Waals surface area (Å²) in [7, 11) is 0. The third-order valence-electron chi connectivity index (χ3n) is 5.96. The molecule has 29 heavy (non-hydrogen) atoms. The van der Waals surface area contributed by atoms with Crippen LogP contribution in [0.3, 0.4) is 0 Å². The smallest absolute Gasteiger partial charge is 1.00 e. The van der Waals surface area contributed by atoms with Crippen molar-refractivity contribution in [2.75, 3.05) is 0 Å². The summed E-state index contributed by atoms with van der Waals surface area (Å²) in [5.41, 5.74) is 3.45. The monoisotopic (exact) mass is 472 g/mol.